The van der Waals surface area contributed by atoms with E-state index < -0.39 is 0 Å². The number of carbonyl (C=O) groups is 2. The molecule has 0 atom stereocenters. The van der Waals surface area contributed by atoms with Crippen LogP contribution < -0.4 is 5.32 Å². The Morgan fingerprint density at radius 3 is 2.30 bits per heavy atom. The topological polar surface area (TPSA) is 52.7 Å². The Morgan fingerprint density at radius 2 is 1.63 bits per heavy atom. The van der Waals surface area contributed by atoms with Crippen molar-refractivity contribution in [3.63, 3.8) is 0 Å². The normalized spacial score (nSPS) is 14.8. The van der Waals surface area contributed by atoms with Crippen LogP contribution in [0.5, 0.6) is 0 Å². The molecule has 0 spiro atoms. The molecular formula is C22H27N3O2. The fourth-order valence-electron chi connectivity index (χ4n) is 3.20. The minimum absolute atomic E-state index is 0.0426. The molecule has 27 heavy (non-hydrogen) atoms. The average molecular weight is 365 g/mol. The number of nitrogens with one attached hydrogen (secondary N) is 1. The maximum atomic E-state index is 12.5. The number of hydrogen-bond donors (Lipinski definition) is 1. The number of rotatable bonds is 5. The lowest BCUT2D eigenvalue weighted by molar-refractivity contribution is 0.0878. The molecule has 0 aliphatic carbocycles. The van der Waals surface area contributed by atoms with Crippen molar-refractivity contribution >= 4 is 11.8 Å². The largest absolute Gasteiger partial charge is 0.334 e. The van der Waals surface area contributed by atoms with Gasteiger partial charge in [0.1, 0.15) is 0 Å². The van der Waals surface area contributed by atoms with E-state index in [0.717, 1.165) is 29.8 Å². The van der Waals surface area contributed by atoms with Crippen molar-refractivity contribution < 1.29 is 9.59 Å². The summed E-state index contributed by atoms with van der Waals surface area (Å²) in [5.41, 5.74) is 4.19. The number of hydrogen-bond acceptors (Lipinski definition) is 3. The number of urea groups is 1. The molecule has 1 heterocycles. The highest BCUT2D eigenvalue weighted by atomic mass is 16.2. The van der Waals surface area contributed by atoms with E-state index in [9.17, 15) is 9.59 Å². The van der Waals surface area contributed by atoms with Gasteiger partial charge in [0, 0.05) is 38.3 Å². The molecule has 0 radical (unpaired) electrons. The van der Waals surface area contributed by atoms with Crippen LogP contribution in [0.2, 0.25) is 0 Å². The van der Waals surface area contributed by atoms with Crippen LogP contribution in [0.15, 0.2) is 48.5 Å². The van der Waals surface area contributed by atoms with E-state index in [1.807, 2.05) is 67.3 Å². The van der Waals surface area contributed by atoms with Crippen LogP contribution in [0.1, 0.15) is 27.0 Å². The third kappa shape index (κ3) is 5.17. The molecule has 1 fully saturated rings. The van der Waals surface area contributed by atoms with Gasteiger partial charge in [0.15, 0.2) is 5.78 Å². The summed E-state index contributed by atoms with van der Waals surface area (Å²) >= 11 is 0. The fourth-order valence-corrected chi connectivity index (χ4v) is 3.20. The van der Waals surface area contributed by atoms with Gasteiger partial charge in [-0.1, -0.05) is 42.5 Å². The Balaban J connectivity index is 1.44. The van der Waals surface area contributed by atoms with Crippen molar-refractivity contribution in [1.82, 2.24) is 15.1 Å². The molecular weight excluding hydrogens is 338 g/mol. The number of benzene rings is 2. The minimum Gasteiger partial charge on any atom is -0.334 e. The molecule has 0 bridgehead atoms. The lowest BCUT2D eigenvalue weighted by atomic mass is 10.0. The zero-order valence-electron chi connectivity index (χ0n) is 16.1. The summed E-state index contributed by atoms with van der Waals surface area (Å²) in [6.07, 6.45) is 0. The first-order valence-electron chi connectivity index (χ1n) is 9.42. The van der Waals surface area contributed by atoms with Gasteiger partial charge in [0.05, 0.1) is 6.54 Å². The molecule has 1 aliphatic heterocycles. The standard InChI is InChI=1S/C22H27N3O2/c1-17-8-9-20(14-18(17)2)21(26)16-24-10-12-25(13-11-24)22(27)23-15-19-6-4-3-5-7-19/h3-9,14H,10-13,15-16H2,1-2H3,(H,23,27). The second kappa shape index (κ2) is 8.82. The molecule has 2 aromatic rings. The lowest BCUT2D eigenvalue weighted by Crippen LogP contribution is -2.52. The van der Waals surface area contributed by atoms with Gasteiger partial charge in [-0.3, -0.25) is 9.69 Å². The van der Waals surface area contributed by atoms with E-state index in [4.69, 9.17) is 0 Å². The quantitative estimate of drug-likeness (QED) is 0.829. The molecule has 5 heteroatoms. The van der Waals surface area contributed by atoms with Crippen LogP contribution in [0.3, 0.4) is 0 Å². The molecule has 1 saturated heterocycles. The van der Waals surface area contributed by atoms with Gasteiger partial charge in [-0.15, -0.1) is 0 Å². The van der Waals surface area contributed by atoms with E-state index in [0.29, 0.717) is 26.2 Å². The monoisotopic (exact) mass is 365 g/mol. The first-order chi connectivity index (χ1) is 13.0. The van der Waals surface area contributed by atoms with Gasteiger partial charge in [-0.2, -0.15) is 0 Å². The summed E-state index contributed by atoms with van der Waals surface area (Å²) in [6.45, 7) is 7.73. The Bertz CT molecular complexity index is 796. The second-order valence-corrected chi connectivity index (χ2v) is 7.13. The van der Waals surface area contributed by atoms with Crippen molar-refractivity contribution in [3.8, 4) is 0 Å². The molecule has 0 unspecified atom stereocenters. The molecule has 0 saturated carbocycles. The highest BCUT2D eigenvalue weighted by Crippen LogP contribution is 2.12. The predicted octanol–water partition coefficient (Wildman–Crippen LogP) is 3.01. The van der Waals surface area contributed by atoms with Gasteiger partial charge >= 0.3 is 6.03 Å². The van der Waals surface area contributed by atoms with Crippen molar-refractivity contribution in [2.75, 3.05) is 32.7 Å². The maximum Gasteiger partial charge on any atom is 0.317 e. The average Bonchev–Trinajstić information content (AvgIpc) is 2.69. The number of piperazine rings is 1. The Hall–Kier alpha value is -2.66. The van der Waals surface area contributed by atoms with Gasteiger partial charge in [-0.05, 0) is 36.6 Å². The van der Waals surface area contributed by atoms with Gasteiger partial charge < -0.3 is 10.2 Å². The lowest BCUT2D eigenvalue weighted by Gasteiger charge is -2.34. The SMILES string of the molecule is Cc1ccc(C(=O)CN2CCN(C(=O)NCc3ccccc3)CC2)cc1C. The summed E-state index contributed by atoms with van der Waals surface area (Å²) in [5, 5.41) is 2.96. The van der Waals surface area contributed by atoms with Crippen LogP contribution in [0, 0.1) is 13.8 Å². The molecule has 2 amide bonds. The predicted molar refractivity (Wildman–Crippen MR) is 107 cm³/mol. The number of carbonyl (C=O) groups excluding carboxylic acids is 2. The molecule has 0 aromatic heterocycles. The van der Waals surface area contributed by atoms with Crippen molar-refractivity contribution in [1.29, 1.82) is 0 Å². The summed E-state index contributed by atoms with van der Waals surface area (Å²) in [6, 6.07) is 15.7. The van der Waals surface area contributed by atoms with Crippen LogP contribution in [-0.2, 0) is 6.54 Å². The third-order valence-electron chi connectivity index (χ3n) is 5.14. The van der Waals surface area contributed by atoms with Gasteiger partial charge in [0.2, 0.25) is 0 Å². The Labute approximate surface area is 161 Å². The van der Waals surface area contributed by atoms with Crippen molar-refractivity contribution in [2.45, 2.75) is 20.4 Å². The number of ketones is 1. The van der Waals surface area contributed by atoms with E-state index in [-0.39, 0.29) is 11.8 Å². The van der Waals surface area contributed by atoms with Crippen molar-refractivity contribution in [3.05, 3.63) is 70.8 Å². The first-order valence-corrected chi connectivity index (χ1v) is 9.42. The van der Waals surface area contributed by atoms with Crippen LogP contribution >= 0.6 is 0 Å². The fraction of sp³-hybridized carbons (Fsp3) is 0.364. The first kappa shape index (κ1) is 19.1. The zero-order chi connectivity index (χ0) is 19.2. The molecule has 3 rings (SSSR count). The van der Waals surface area contributed by atoms with Crippen LogP contribution in [0.25, 0.3) is 0 Å². The van der Waals surface area contributed by atoms with Gasteiger partial charge in [-0.25, -0.2) is 4.79 Å². The molecule has 1 aliphatic rings. The van der Waals surface area contributed by atoms with Gasteiger partial charge in [0.25, 0.3) is 0 Å². The smallest absolute Gasteiger partial charge is 0.317 e. The Kier molecular flexibility index (Phi) is 6.24. The third-order valence-corrected chi connectivity index (χ3v) is 5.14. The summed E-state index contributed by atoms with van der Waals surface area (Å²) in [7, 11) is 0. The molecule has 2 aromatic carbocycles. The van der Waals surface area contributed by atoms with Crippen LogP contribution in [0.4, 0.5) is 4.79 Å². The molecule has 142 valence electrons. The summed E-state index contributed by atoms with van der Waals surface area (Å²) < 4.78 is 0. The second-order valence-electron chi connectivity index (χ2n) is 7.13. The molecule has 5 nitrogen and oxygen atoms in total. The van der Waals surface area contributed by atoms with E-state index in [1.54, 1.807) is 0 Å². The highest BCUT2D eigenvalue weighted by molar-refractivity contribution is 5.97. The number of nitrogens with zero attached hydrogens (tertiary/aromatic N) is 2. The summed E-state index contributed by atoms with van der Waals surface area (Å²) in [5.74, 6) is 0.139. The number of Topliss-reactive ketones (excluding diaryl/α,β-unsaturated/α-hetero) is 1. The highest BCUT2D eigenvalue weighted by Gasteiger charge is 2.22. The molecule has 1 N–H and O–H groups in total. The van der Waals surface area contributed by atoms with Crippen LogP contribution in [-0.4, -0.2) is 54.3 Å². The summed E-state index contributed by atoms with van der Waals surface area (Å²) in [4.78, 5) is 28.8. The van der Waals surface area contributed by atoms with E-state index in [2.05, 4.69) is 10.2 Å². The Morgan fingerprint density at radius 1 is 0.926 bits per heavy atom. The maximum absolute atomic E-state index is 12.5. The van der Waals surface area contributed by atoms with Crippen molar-refractivity contribution in [2.24, 2.45) is 0 Å². The van der Waals surface area contributed by atoms with E-state index in [1.165, 1.54) is 5.56 Å². The number of aryl methyl sites for hydroxylation is 2. The zero-order valence-corrected chi connectivity index (χ0v) is 16.1. The number of amides is 2. The minimum atomic E-state index is -0.0426. The van der Waals surface area contributed by atoms with E-state index >= 15 is 0 Å².